The number of amides is 2. The van der Waals surface area contributed by atoms with Gasteiger partial charge >= 0.3 is 0 Å². The minimum Gasteiger partial charge on any atom is -0.350 e. The molecule has 2 amide bonds. The van der Waals surface area contributed by atoms with E-state index < -0.39 is 0 Å². The van der Waals surface area contributed by atoms with Crippen molar-refractivity contribution in [1.29, 1.82) is 0 Å². The first-order chi connectivity index (χ1) is 9.79. The van der Waals surface area contributed by atoms with Gasteiger partial charge in [0.2, 0.25) is 5.91 Å². The van der Waals surface area contributed by atoms with Crippen molar-refractivity contribution in [3.8, 4) is 0 Å². The SMILES string of the molecule is CC(=O)N(Cc1nc(C(=O)NCC(C)C)cs1)CC(C)C. The molecule has 1 aromatic rings. The maximum atomic E-state index is 11.9. The van der Waals surface area contributed by atoms with Gasteiger partial charge in [0.25, 0.3) is 5.91 Å². The summed E-state index contributed by atoms with van der Waals surface area (Å²) >= 11 is 1.42. The predicted octanol–water partition coefficient (Wildman–Crippen LogP) is 2.53. The van der Waals surface area contributed by atoms with Gasteiger partial charge in [0.1, 0.15) is 10.7 Å². The number of rotatable bonds is 7. The number of hydrogen-bond acceptors (Lipinski definition) is 4. The molecule has 118 valence electrons. The van der Waals surface area contributed by atoms with E-state index in [0.717, 1.165) is 5.01 Å². The first kappa shape index (κ1) is 17.6. The molecule has 0 radical (unpaired) electrons. The molecule has 1 rings (SSSR count). The van der Waals surface area contributed by atoms with Gasteiger partial charge in [0.15, 0.2) is 0 Å². The highest BCUT2D eigenvalue weighted by Crippen LogP contribution is 2.14. The molecule has 21 heavy (non-hydrogen) atoms. The molecule has 6 heteroatoms. The molecule has 0 aliphatic rings. The van der Waals surface area contributed by atoms with E-state index in [0.29, 0.717) is 37.2 Å². The summed E-state index contributed by atoms with van der Waals surface area (Å²) in [4.78, 5) is 29.6. The molecule has 1 aromatic heterocycles. The lowest BCUT2D eigenvalue weighted by Gasteiger charge is -2.21. The molecule has 0 unspecified atom stereocenters. The van der Waals surface area contributed by atoms with E-state index in [9.17, 15) is 9.59 Å². The number of nitrogens with zero attached hydrogens (tertiary/aromatic N) is 2. The maximum Gasteiger partial charge on any atom is 0.270 e. The number of thiazole rings is 1. The minimum atomic E-state index is -0.149. The van der Waals surface area contributed by atoms with Crippen molar-refractivity contribution in [3.63, 3.8) is 0 Å². The molecule has 5 nitrogen and oxygen atoms in total. The fourth-order valence-corrected chi connectivity index (χ4v) is 2.57. The summed E-state index contributed by atoms with van der Waals surface area (Å²) in [5, 5.41) is 5.39. The predicted molar refractivity (Wildman–Crippen MR) is 85.2 cm³/mol. The average Bonchev–Trinajstić information content (AvgIpc) is 2.83. The summed E-state index contributed by atoms with van der Waals surface area (Å²) in [5.74, 6) is 0.697. The fourth-order valence-electron chi connectivity index (χ4n) is 1.78. The van der Waals surface area contributed by atoms with Crippen LogP contribution in [-0.2, 0) is 11.3 Å². The van der Waals surface area contributed by atoms with Gasteiger partial charge in [-0.15, -0.1) is 11.3 Å². The lowest BCUT2D eigenvalue weighted by atomic mass is 10.2. The highest BCUT2D eigenvalue weighted by molar-refractivity contribution is 7.09. The van der Waals surface area contributed by atoms with Crippen LogP contribution < -0.4 is 5.32 Å². The van der Waals surface area contributed by atoms with Crippen LogP contribution in [0.25, 0.3) is 0 Å². The quantitative estimate of drug-likeness (QED) is 0.841. The summed E-state index contributed by atoms with van der Waals surface area (Å²) in [6, 6.07) is 0. The van der Waals surface area contributed by atoms with E-state index in [4.69, 9.17) is 0 Å². The molecule has 0 saturated carbocycles. The molecular weight excluding hydrogens is 286 g/mol. The van der Waals surface area contributed by atoms with Crippen LogP contribution in [-0.4, -0.2) is 34.8 Å². The Bertz CT molecular complexity index is 483. The van der Waals surface area contributed by atoms with Gasteiger partial charge in [0.05, 0.1) is 6.54 Å². The monoisotopic (exact) mass is 311 g/mol. The molecule has 0 aromatic carbocycles. The van der Waals surface area contributed by atoms with Crippen molar-refractivity contribution in [2.45, 2.75) is 41.2 Å². The van der Waals surface area contributed by atoms with E-state index >= 15 is 0 Å². The van der Waals surface area contributed by atoms with E-state index in [2.05, 4.69) is 24.1 Å². The molecule has 0 bridgehead atoms. The van der Waals surface area contributed by atoms with Crippen LogP contribution in [0.5, 0.6) is 0 Å². The number of carbonyl (C=O) groups is 2. The first-order valence-corrected chi connectivity index (χ1v) is 8.15. The van der Waals surface area contributed by atoms with Gasteiger partial charge in [0, 0.05) is 25.4 Å². The lowest BCUT2D eigenvalue weighted by molar-refractivity contribution is -0.130. The second-order valence-electron chi connectivity index (χ2n) is 6.02. The van der Waals surface area contributed by atoms with Gasteiger partial charge in [-0.05, 0) is 11.8 Å². The van der Waals surface area contributed by atoms with Crippen molar-refractivity contribution in [2.24, 2.45) is 11.8 Å². The van der Waals surface area contributed by atoms with Gasteiger partial charge in [-0.1, -0.05) is 27.7 Å². The van der Waals surface area contributed by atoms with E-state index in [1.165, 1.54) is 11.3 Å². The van der Waals surface area contributed by atoms with Crippen molar-refractivity contribution in [1.82, 2.24) is 15.2 Å². The largest absolute Gasteiger partial charge is 0.350 e. The van der Waals surface area contributed by atoms with Crippen LogP contribution in [0, 0.1) is 11.8 Å². The van der Waals surface area contributed by atoms with Crippen molar-refractivity contribution in [3.05, 3.63) is 16.1 Å². The topological polar surface area (TPSA) is 62.3 Å². The van der Waals surface area contributed by atoms with Crippen LogP contribution in [0.3, 0.4) is 0 Å². The van der Waals surface area contributed by atoms with Gasteiger partial charge in [-0.25, -0.2) is 4.98 Å². The van der Waals surface area contributed by atoms with Crippen molar-refractivity contribution < 1.29 is 9.59 Å². The Labute approximate surface area is 130 Å². The third kappa shape index (κ3) is 6.25. The summed E-state index contributed by atoms with van der Waals surface area (Å²) in [6.45, 7) is 11.6. The van der Waals surface area contributed by atoms with Gasteiger partial charge in [-0.3, -0.25) is 9.59 Å². The molecule has 0 spiro atoms. The average molecular weight is 311 g/mol. The smallest absolute Gasteiger partial charge is 0.270 e. The highest BCUT2D eigenvalue weighted by Gasteiger charge is 2.15. The van der Waals surface area contributed by atoms with Crippen LogP contribution in [0.2, 0.25) is 0 Å². The fraction of sp³-hybridized carbons (Fsp3) is 0.667. The third-order valence-corrected chi connectivity index (χ3v) is 3.65. The zero-order valence-electron chi connectivity index (χ0n) is 13.5. The van der Waals surface area contributed by atoms with Gasteiger partial charge < -0.3 is 10.2 Å². The van der Waals surface area contributed by atoms with Crippen LogP contribution in [0.15, 0.2) is 5.38 Å². The van der Waals surface area contributed by atoms with Crippen molar-refractivity contribution in [2.75, 3.05) is 13.1 Å². The normalized spacial score (nSPS) is 11.0. The Kier molecular flexibility index (Phi) is 6.81. The number of aromatic nitrogens is 1. The Morgan fingerprint density at radius 3 is 2.48 bits per heavy atom. The van der Waals surface area contributed by atoms with E-state index in [1.807, 2.05) is 13.8 Å². The summed E-state index contributed by atoms with van der Waals surface area (Å²) in [5.41, 5.74) is 0.434. The minimum absolute atomic E-state index is 0.0321. The zero-order chi connectivity index (χ0) is 16.0. The summed E-state index contributed by atoms with van der Waals surface area (Å²) < 4.78 is 0. The van der Waals surface area contributed by atoms with E-state index in [-0.39, 0.29) is 11.8 Å². The Balaban J connectivity index is 2.65. The molecule has 0 fully saturated rings. The summed E-state index contributed by atoms with van der Waals surface area (Å²) in [7, 11) is 0. The molecule has 0 aliphatic carbocycles. The molecular formula is C15H25N3O2S. The van der Waals surface area contributed by atoms with Crippen LogP contribution in [0.4, 0.5) is 0 Å². The zero-order valence-corrected chi connectivity index (χ0v) is 14.3. The Morgan fingerprint density at radius 1 is 1.29 bits per heavy atom. The molecule has 1 heterocycles. The maximum absolute atomic E-state index is 11.9. The molecule has 0 aliphatic heterocycles. The summed E-state index contributed by atoms with van der Waals surface area (Å²) in [6.07, 6.45) is 0. The number of nitrogens with one attached hydrogen (secondary N) is 1. The number of carbonyl (C=O) groups excluding carboxylic acids is 2. The highest BCUT2D eigenvalue weighted by atomic mass is 32.1. The second-order valence-corrected chi connectivity index (χ2v) is 6.97. The van der Waals surface area contributed by atoms with Gasteiger partial charge in [-0.2, -0.15) is 0 Å². The Morgan fingerprint density at radius 2 is 1.95 bits per heavy atom. The van der Waals surface area contributed by atoms with Crippen LogP contribution >= 0.6 is 11.3 Å². The van der Waals surface area contributed by atoms with Crippen molar-refractivity contribution >= 4 is 23.2 Å². The third-order valence-electron chi connectivity index (χ3n) is 2.81. The lowest BCUT2D eigenvalue weighted by Crippen LogP contribution is -2.32. The molecule has 1 N–H and O–H groups in total. The van der Waals surface area contributed by atoms with E-state index in [1.54, 1.807) is 17.2 Å². The standard InChI is InChI=1S/C15H25N3O2S/c1-10(2)6-16-15(20)13-9-21-14(17-13)8-18(12(5)19)7-11(3)4/h9-11H,6-8H2,1-5H3,(H,16,20). The second kappa shape index (κ2) is 8.12. The Hall–Kier alpha value is -1.43. The first-order valence-electron chi connectivity index (χ1n) is 7.27. The molecule has 0 atom stereocenters. The number of hydrogen-bond donors (Lipinski definition) is 1. The van der Waals surface area contributed by atoms with Crippen LogP contribution in [0.1, 0.15) is 50.1 Å². The molecule has 0 saturated heterocycles.